The van der Waals surface area contributed by atoms with Crippen LogP contribution in [-0.2, 0) is 4.79 Å². The van der Waals surface area contributed by atoms with E-state index in [2.05, 4.69) is 21.9 Å². The maximum Gasteiger partial charge on any atom is 0.355 e. The summed E-state index contributed by atoms with van der Waals surface area (Å²) < 4.78 is 29.9. The maximum absolute atomic E-state index is 14.6. The predicted octanol–water partition coefficient (Wildman–Crippen LogP) is 5.51. The highest BCUT2D eigenvalue weighted by Crippen LogP contribution is 2.35. The summed E-state index contributed by atoms with van der Waals surface area (Å²) in [7, 11) is 0. The Hall–Kier alpha value is -4.38. The lowest BCUT2D eigenvalue weighted by molar-refractivity contribution is -0.126. The average Bonchev–Trinajstić information content (AvgIpc) is 2.95. The van der Waals surface area contributed by atoms with Crippen molar-refractivity contribution in [1.82, 2.24) is 24.4 Å². The van der Waals surface area contributed by atoms with E-state index in [1.54, 1.807) is 23.2 Å². The molecule has 1 N–H and O–H groups in total. The third-order valence-electron chi connectivity index (χ3n) is 7.29. The van der Waals surface area contributed by atoms with Gasteiger partial charge in [0, 0.05) is 37.9 Å². The van der Waals surface area contributed by atoms with Gasteiger partial charge in [-0.15, -0.1) is 0 Å². The summed E-state index contributed by atoms with van der Waals surface area (Å²) in [6, 6.07) is 6.21. The second-order valence-corrected chi connectivity index (χ2v) is 10.9. The number of aromatic nitrogens is 4. The number of hydrogen-bond acceptors (Lipinski definition) is 7. The Kier molecular flexibility index (Phi) is 7.96. The van der Waals surface area contributed by atoms with Crippen LogP contribution in [0.4, 0.5) is 26.1 Å². The number of amides is 1. The van der Waals surface area contributed by atoms with Crippen molar-refractivity contribution < 1.29 is 13.6 Å². The Morgan fingerprint density at radius 3 is 2.64 bits per heavy atom. The monoisotopic (exact) mass is 593 g/mol. The largest absolute Gasteiger partial charge is 0.355 e. The first-order valence-electron chi connectivity index (χ1n) is 13.5. The van der Waals surface area contributed by atoms with E-state index in [1.165, 1.54) is 10.6 Å². The summed E-state index contributed by atoms with van der Waals surface area (Å²) in [5.41, 5.74) is 1.44. The van der Waals surface area contributed by atoms with Gasteiger partial charge in [0.05, 0.1) is 27.5 Å². The van der Waals surface area contributed by atoms with Crippen LogP contribution >= 0.6 is 11.6 Å². The first-order valence-corrected chi connectivity index (χ1v) is 13.9. The molecule has 0 aliphatic carbocycles. The Bertz CT molecular complexity index is 1780. The number of benzene rings is 1. The summed E-state index contributed by atoms with van der Waals surface area (Å²) in [5.74, 6) is -1.17. The van der Waals surface area contributed by atoms with Crippen molar-refractivity contribution in [3.05, 3.63) is 87.6 Å². The van der Waals surface area contributed by atoms with E-state index < -0.39 is 17.3 Å². The molecule has 1 fully saturated rings. The van der Waals surface area contributed by atoms with Crippen LogP contribution in [-0.4, -0.2) is 56.0 Å². The molecule has 0 saturated carbocycles. The lowest BCUT2D eigenvalue weighted by Crippen LogP contribution is -2.54. The lowest BCUT2D eigenvalue weighted by Gasteiger charge is -2.40. The van der Waals surface area contributed by atoms with E-state index in [-0.39, 0.29) is 40.0 Å². The van der Waals surface area contributed by atoms with Crippen molar-refractivity contribution in [3.63, 3.8) is 0 Å². The number of rotatable bonds is 6. The maximum atomic E-state index is 14.6. The van der Waals surface area contributed by atoms with Gasteiger partial charge >= 0.3 is 5.69 Å². The topological polar surface area (TPSA) is 96.3 Å². The standard InChI is InChI=1S/C30H30ClF2N7O2/c1-6-24(41)38-11-12-39(18(5)15-38)28-20-14-21(31)27(35-23-13-19(32)7-8-22(23)33)36-29(20)40(30(42)37-28)26-17(4)9-10-34-25(26)16(2)3/h6-10,13-14,16,18H,1,11-12,15H2,2-5H3,(H,35,36)/t18-/m0/s1. The zero-order valence-corrected chi connectivity index (χ0v) is 24.4. The van der Waals surface area contributed by atoms with Crippen molar-refractivity contribution in [2.75, 3.05) is 29.9 Å². The Labute approximate surface area is 246 Å². The third-order valence-corrected chi connectivity index (χ3v) is 7.58. The molecule has 0 spiro atoms. The van der Waals surface area contributed by atoms with E-state index in [4.69, 9.17) is 16.6 Å². The molecule has 4 heterocycles. The summed E-state index contributed by atoms with van der Waals surface area (Å²) >= 11 is 6.68. The number of nitrogens with zero attached hydrogens (tertiary/aromatic N) is 6. The van der Waals surface area contributed by atoms with Gasteiger partial charge in [-0.2, -0.15) is 4.98 Å². The molecule has 1 atom stereocenters. The lowest BCUT2D eigenvalue weighted by atomic mass is 10.0. The zero-order valence-electron chi connectivity index (χ0n) is 23.7. The Morgan fingerprint density at radius 2 is 1.95 bits per heavy atom. The van der Waals surface area contributed by atoms with Crippen molar-refractivity contribution in [1.29, 1.82) is 0 Å². The number of carbonyl (C=O) groups excluding carboxylic acids is 1. The summed E-state index contributed by atoms with van der Waals surface area (Å²) in [6.07, 6.45) is 2.96. The van der Waals surface area contributed by atoms with Gasteiger partial charge in [-0.05, 0) is 55.7 Å². The molecule has 9 nitrogen and oxygen atoms in total. The number of carbonyl (C=O) groups is 1. The number of aryl methyl sites for hydroxylation is 1. The molecule has 0 unspecified atom stereocenters. The quantitative estimate of drug-likeness (QED) is 0.295. The molecule has 3 aromatic heterocycles. The molecule has 4 aromatic rings. The number of nitrogens with one attached hydrogen (secondary N) is 1. The first-order chi connectivity index (χ1) is 20.0. The van der Waals surface area contributed by atoms with Gasteiger partial charge in [0.1, 0.15) is 17.5 Å². The molecular formula is C30H30ClF2N7O2. The van der Waals surface area contributed by atoms with Crippen LogP contribution in [0.2, 0.25) is 5.02 Å². The van der Waals surface area contributed by atoms with E-state index in [1.807, 2.05) is 32.6 Å². The third kappa shape index (κ3) is 5.32. The molecule has 0 bridgehead atoms. The molecule has 1 aromatic carbocycles. The van der Waals surface area contributed by atoms with Gasteiger partial charge < -0.3 is 15.1 Å². The molecule has 12 heteroatoms. The summed E-state index contributed by atoms with van der Waals surface area (Å²) in [6.45, 7) is 12.5. The number of hydrogen-bond donors (Lipinski definition) is 1. The van der Waals surface area contributed by atoms with Crippen molar-refractivity contribution in [2.24, 2.45) is 0 Å². The zero-order chi connectivity index (χ0) is 30.3. The van der Waals surface area contributed by atoms with Gasteiger partial charge in [0.25, 0.3) is 0 Å². The smallest absolute Gasteiger partial charge is 0.350 e. The van der Waals surface area contributed by atoms with Crippen LogP contribution in [0.5, 0.6) is 0 Å². The fourth-order valence-corrected chi connectivity index (χ4v) is 5.42. The molecule has 1 aliphatic rings. The van der Waals surface area contributed by atoms with E-state index in [0.717, 1.165) is 23.8 Å². The second-order valence-electron chi connectivity index (χ2n) is 10.5. The van der Waals surface area contributed by atoms with Gasteiger partial charge in [0.2, 0.25) is 5.91 Å². The van der Waals surface area contributed by atoms with Crippen LogP contribution < -0.4 is 15.9 Å². The number of anilines is 3. The molecular weight excluding hydrogens is 564 g/mol. The van der Waals surface area contributed by atoms with E-state index in [0.29, 0.717) is 42.2 Å². The Morgan fingerprint density at radius 1 is 1.19 bits per heavy atom. The van der Waals surface area contributed by atoms with E-state index >= 15 is 0 Å². The number of fused-ring (bicyclic) bond motifs is 1. The normalized spacial score (nSPS) is 15.4. The summed E-state index contributed by atoms with van der Waals surface area (Å²) in [4.78, 5) is 43.6. The minimum atomic E-state index is -0.701. The van der Waals surface area contributed by atoms with Crippen LogP contribution in [0.25, 0.3) is 16.7 Å². The second kappa shape index (κ2) is 11.5. The molecule has 0 radical (unpaired) electrons. The molecule has 1 saturated heterocycles. The van der Waals surface area contributed by atoms with Crippen molar-refractivity contribution in [3.8, 4) is 5.69 Å². The highest BCUT2D eigenvalue weighted by molar-refractivity contribution is 6.33. The molecule has 1 amide bonds. The molecule has 42 heavy (non-hydrogen) atoms. The fraction of sp³-hybridized carbons (Fsp3) is 0.300. The van der Waals surface area contributed by atoms with Gasteiger partial charge in [-0.1, -0.05) is 32.0 Å². The highest BCUT2D eigenvalue weighted by Gasteiger charge is 2.30. The minimum Gasteiger partial charge on any atom is -0.350 e. The average molecular weight is 594 g/mol. The number of piperazine rings is 1. The van der Waals surface area contributed by atoms with Crippen molar-refractivity contribution in [2.45, 2.75) is 39.7 Å². The van der Waals surface area contributed by atoms with Crippen LogP contribution in [0, 0.1) is 18.6 Å². The number of halogens is 3. The molecule has 218 valence electrons. The van der Waals surface area contributed by atoms with Gasteiger partial charge in [0.15, 0.2) is 11.5 Å². The first kappa shape index (κ1) is 29.1. The molecule has 1 aliphatic heterocycles. The minimum absolute atomic E-state index is 0.0288. The highest BCUT2D eigenvalue weighted by atomic mass is 35.5. The molecule has 5 rings (SSSR count). The van der Waals surface area contributed by atoms with Gasteiger partial charge in [-0.3, -0.25) is 9.78 Å². The van der Waals surface area contributed by atoms with Crippen LogP contribution in [0.1, 0.15) is 37.9 Å². The van der Waals surface area contributed by atoms with E-state index in [9.17, 15) is 18.4 Å². The van der Waals surface area contributed by atoms with Crippen LogP contribution in [0.15, 0.2) is 54.0 Å². The van der Waals surface area contributed by atoms with Crippen LogP contribution in [0.3, 0.4) is 0 Å². The number of pyridine rings is 2. The predicted molar refractivity (Wildman–Crippen MR) is 160 cm³/mol. The summed E-state index contributed by atoms with van der Waals surface area (Å²) in [5, 5.41) is 3.36. The SMILES string of the molecule is C=CC(=O)N1CCN(c2nc(=O)n(-c3c(C)ccnc3C(C)C)c3nc(Nc4cc(F)ccc4F)c(Cl)cc23)[C@@H](C)C1. The Balaban J connectivity index is 1.76. The van der Waals surface area contributed by atoms with Crippen molar-refractivity contribution >= 4 is 45.9 Å². The van der Waals surface area contributed by atoms with Gasteiger partial charge in [-0.25, -0.2) is 23.1 Å². The fourth-order valence-electron chi connectivity index (χ4n) is 5.22.